The van der Waals surface area contributed by atoms with Crippen molar-refractivity contribution in [2.75, 3.05) is 17.6 Å². The van der Waals surface area contributed by atoms with Crippen LogP contribution in [-0.2, 0) is 14.6 Å². The molecule has 1 atom stereocenters. The second kappa shape index (κ2) is 9.01. The first-order valence-electron chi connectivity index (χ1n) is 9.04. The summed E-state index contributed by atoms with van der Waals surface area (Å²) in [7, 11) is -3.58. The number of sulfone groups is 1. The Morgan fingerprint density at radius 1 is 1.04 bits per heavy atom. The van der Waals surface area contributed by atoms with Gasteiger partial charge in [-0.05, 0) is 61.2 Å². The number of nitrogens with one attached hydrogen (secondary N) is 2. The highest BCUT2D eigenvalue weighted by Crippen LogP contribution is 2.18. The molecule has 2 rings (SSSR count). The van der Waals surface area contributed by atoms with Crippen molar-refractivity contribution in [2.45, 2.75) is 32.6 Å². The first kappa shape index (κ1) is 21.6. The van der Waals surface area contributed by atoms with Crippen LogP contribution in [0, 0.1) is 19.8 Å². The SMILES string of the molecule is CC(=O)NCC(C)CS(=O)(=O)c1cccc(C(=O)Nc2ccc(C)c(C)c2)c1. The summed E-state index contributed by atoms with van der Waals surface area (Å²) in [5.74, 6) is -0.932. The predicted octanol–water partition coefficient (Wildman–Crippen LogP) is 3.10. The summed E-state index contributed by atoms with van der Waals surface area (Å²) in [5, 5.41) is 5.41. The van der Waals surface area contributed by atoms with E-state index in [1.54, 1.807) is 19.1 Å². The van der Waals surface area contributed by atoms with Gasteiger partial charge in [0, 0.05) is 24.7 Å². The van der Waals surface area contributed by atoms with Crippen molar-refractivity contribution in [3.63, 3.8) is 0 Å². The highest BCUT2D eigenvalue weighted by Gasteiger charge is 2.20. The summed E-state index contributed by atoms with van der Waals surface area (Å²) in [6.07, 6.45) is 0. The van der Waals surface area contributed by atoms with Crippen molar-refractivity contribution in [3.8, 4) is 0 Å². The molecule has 0 spiro atoms. The van der Waals surface area contributed by atoms with E-state index < -0.39 is 9.84 Å². The highest BCUT2D eigenvalue weighted by molar-refractivity contribution is 7.91. The van der Waals surface area contributed by atoms with Crippen LogP contribution >= 0.6 is 0 Å². The first-order valence-corrected chi connectivity index (χ1v) is 10.7. The number of hydrogen-bond donors (Lipinski definition) is 2. The summed E-state index contributed by atoms with van der Waals surface area (Å²) < 4.78 is 25.3. The van der Waals surface area contributed by atoms with Crippen LogP contribution in [0.15, 0.2) is 47.4 Å². The fraction of sp³-hybridized carbons (Fsp3) is 0.333. The maximum atomic E-state index is 12.7. The van der Waals surface area contributed by atoms with Crippen molar-refractivity contribution in [1.82, 2.24) is 5.32 Å². The fourth-order valence-electron chi connectivity index (χ4n) is 2.70. The topological polar surface area (TPSA) is 92.3 Å². The Balaban J connectivity index is 2.14. The number of rotatable bonds is 7. The lowest BCUT2D eigenvalue weighted by Gasteiger charge is -2.13. The molecule has 0 aliphatic carbocycles. The zero-order valence-corrected chi connectivity index (χ0v) is 17.4. The standard InChI is InChI=1S/C21H26N2O4S/c1-14(12-22-17(4)24)13-28(26,27)20-7-5-6-18(11-20)21(25)23-19-9-8-15(2)16(3)10-19/h5-11,14H,12-13H2,1-4H3,(H,22,24)(H,23,25). The van der Waals surface area contributed by atoms with E-state index >= 15 is 0 Å². The molecular formula is C21H26N2O4S. The Kier molecular flexibility index (Phi) is 6.96. The van der Waals surface area contributed by atoms with Gasteiger partial charge in [-0.15, -0.1) is 0 Å². The second-order valence-corrected chi connectivity index (χ2v) is 9.14. The molecule has 28 heavy (non-hydrogen) atoms. The van der Waals surface area contributed by atoms with E-state index in [4.69, 9.17) is 0 Å². The Bertz CT molecular complexity index is 984. The Morgan fingerprint density at radius 2 is 1.75 bits per heavy atom. The van der Waals surface area contributed by atoms with Crippen molar-refractivity contribution in [3.05, 3.63) is 59.2 Å². The van der Waals surface area contributed by atoms with E-state index in [-0.39, 0.29) is 40.5 Å². The fourth-order valence-corrected chi connectivity index (χ4v) is 4.35. The van der Waals surface area contributed by atoms with Crippen LogP contribution in [0.1, 0.15) is 35.3 Å². The summed E-state index contributed by atoms with van der Waals surface area (Å²) in [6, 6.07) is 11.6. The highest BCUT2D eigenvalue weighted by atomic mass is 32.2. The Hall–Kier alpha value is -2.67. The van der Waals surface area contributed by atoms with Gasteiger partial charge in [-0.3, -0.25) is 9.59 Å². The van der Waals surface area contributed by atoms with Crippen molar-refractivity contribution >= 4 is 27.3 Å². The van der Waals surface area contributed by atoms with Gasteiger partial charge in [0.15, 0.2) is 9.84 Å². The van der Waals surface area contributed by atoms with Crippen LogP contribution in [0.25, 0.3) is 0 Å². The van der Waals surface area contributed by atoms with Crippen LogP contribution in [0.3, 0.4) is 0 Å². The predicted molar refractivity (Wildman–Crippen MR) is 110 cm³/mol. The zero-order chi connectivity index (χ0) is 20.9. The third kappa shape index (κ3) is 5.92. The molecule has 2 N–H and O–H groups in total. The molecule has 150 valence electrons. The molecule has 0 aromatic heterocycles. The van der Waals surface area contributed by atoms with Crippen molar-refractivity contribution in [1.29, 1.82) is 0 Å². The molecule has 0 aliphatic heterocycles. The van der Waals surface area contributed by atoms with Crippen molar-refractivity contribution in [2.24, 2.45) is 5.92 Å². The number of anilines is 1. The van der Waals surface area contributed by atoms with Gasteiger partial charge in [-0.1, -0.05) is 19.1 Å². The largest absolute Gasteiger partial charge is 0.356 e. The van der Waals surface area contributed by atoms with Crippen molar-refractivity contribution < 1.29 is 18.0 Å². The molecule has 7 heteroatoms. The summed E-state index contributed by atoms with van der Waals surface area (Å²) in [5.41, 5.74) is 3.11. The Morgan fingerprint density at radius 3 is 2.39 bits per heavy atom. The summed E-state index contributed by atoms with van der Waals surface area (Å²) in [6.45, 7) is 7.37. The second-order valence-electron chi connectivity index (χ2n) is 7.10. The van der Waals surface area contributed by atoms with E-state index in [1.165, 1.54) is 19.1 Å². The minimum absolute atomic E-state index is 0.0925. The molecule has 2 aromatic rings. The third-order valence-corrected chi connectivity index (χ3v) is 6.40. The number of benzene rings is 2. The normalized spacial score (nSPS) is 12.3. The number of amides is 2. The molecule has 0 fully saturated rings. The zero-order valence-electron chi connectivity index (χ0n) is 16.6. The lowest BCUT2D eigenvalue weighted by Crippen LogP contribution is -2.29. The molecule has 1 unspecified atom stereocenters. The molecule has 0 radical (unpaired) electrons. The van der Waals surface area contributed by atoms with Gasteiger partial charge in [-0.2, -0.15) is 0 Å². The molecular weight excluding hydrogens is 376 g/mol. The van der Waals surface area contributed by atoms with Gasteiger partial charge in [0.2, 0.25) is 5.91 Å². The molecule has 0 aliphatic rings. The van der Waals surface area contributed by atoms with Crippen LogP contribution in [0.5, 0.6) is 0 Å². The molecule has 0 heterocycles. The lowest BCUT2D eigenvalue weighted by molar-refractivity contribution is -0.119. The van der Waals surface area contributed by atoms with Crippen LogP contribution in [-0.4, -0.2) is 32.5 Å². The van der Waals surface area contributed by atoms with E-state index in [0.717, 1.165) is 11.1 Å². The smallest absolute Gasteiger partial charge is 0.255 e. The molecule has 2 amide bonds. The van der Waals surface area contributed by atoms with E-state index in [0.29, 0.717) is 5.69 Å². The quantitative estimate of drug-likeness (QED) is 0.744. The monoisotopic (exact) mass is 402 g/mol. The molecule has 0 bridgehead atoms. The summed E-state index contributed by atoms with van der Waals surface area (Å²) in [4.78, 5) is 23.6. The molecule has 2 aromatic carbocycles. The van der Waals surface area contributed by atoms with Gasteiger partial charge in [0.1, 0.15) is 0 Å². The van der Waals surface area contributed by atoms with E-state index in [1.807, 2.05) is 32.0 Å². The van der Waals surface area contributed by atoms with E-state index in [9.17, 15) is 18.0 Å². The van der Waals surface area contributed by atoms with E-state index in [2.05, 4.69) is 10.6 Å². The van der Waals surface area contributed by atoms with Gasteiger partial charge < -0.3 is 10.6 Å². The minimum atomic E-state index is -3.58. The average molecular weight is 403 g/mol. The maximum Gasteiger partial charge on any atom is 0.255 e. The Labute approximate surface area is 166 Å². The van der Waals surface area contributed by atoms with Gasteiger partial charge in [0.25, 0.3) is 5.91 Å². The number of hydrogen-bond acceptors (Lipinski definition) is 4. The average Bonchev–Trinajstić information content (AvgIpc) is 2.63. The molecule has 0 saturated carbocycles. The third-order valence-electron chi connectivity index (χ3n) is 4.42. The van der Waals surface area contributed by atoms with Gasteiger partial charge >= 0.3 is 0 Å². The van der Waals surface area contributed by atoms with Crippen LogP contribution < -0.4 is 10.6 Å². The molecule has 6 nitrogen and oxygen atoms in total. The van der Waals surface area contributed by atoms with Crippen LogP contribution in [0.4, 0.5) is 5.69 Å². The number of carbonyl (C=O) groups is 2. The van der Waals surface area contributed by atoms with Crippen LogP contribution in [0.2, 0.25) is 0 Å². The first-order chi connectivity index (χ1) is 13.1. The number of carbonyl (C=O) groups excluding carboxylic acids is 2. The van der Waals surface area contributed by atoms with Gasteiger partial charge in [0.05, 0.1) is 10.6 Å². The summed E-state index contributed by atoms with van der Waals surface area (Å²) >= 11 is 0. The lowest BCUT2D eigenvalue weighted by atomic mass is 10.1. The molecule has 0 saturated heterocycles. The minimum Gasteiger partial charge on any atom is -0.356 e. The van der Waals surface area contributed by atoms with Gasteiger partial charge in [-0.25, -0.2) is 8.42 Å². The maximum absolute atomic E-state index is 12.7. The number of aryl methyl sites for hydroxylation is 2.